The standard InChI is InChI=1S/C20H17F3N2O2S/c1-27-16-7-3-5-14(9-16)11-18(26)25-19-24-12-17(28-19)10-13-4-2-6-15(8-13)20(21,22)23/h2-9,12H,10-11H2,1H3,(H,24,25,26). The van der Waals surface area contributed by atoms with Crippen LogP contribution in [0.3, 0.4) is 0 Å². The molecule has 0 bridgehead atoms. The number of nitrogens with zero attached hydrogens (tertiary/aromatic N) is 1. The molecule has 1 heterocycles. The lowest BCUT2D eigenvalue weighted by Crippen LogP contribution is -2.14. The summed E-state index contributed by atoms with van der Waals surface area (Å²) in [5, 5.41) is 3.13. The SMILES string of the molecule is COc1cccc(CC(=O)Nc2ncc(Cc3cccc(C(F)(F)F)c3)s2)c1. The molecule has 0 saturated heterocycles. The number of anilines is 1. The Kier molecular flexibility index (Phi) is 5.99. The molecule has 0 aliphatic heterocycles. The Morgan fingerprint density at radius 1 is 1.14 bits per heavy atom. The lowest BCUT2D eigenvalue weighted by atomic mass is 10.1. The van der Waals surface area contributed by atoms with Gasteiger partial charge in [-0.1, -0.05) is 30.3 Å². The molecule has 3 aromatic rings. The molecular formula is C20H17F3N2O2S. The molecule has 28 heavy (non-hydrogen) atoms. The fourth-order valence-electron chi connectivity index (χ4n) is 2.64. The molecule has 146 valence electrons. The number of amides is 1. The summed E-state index contributed by atoms with van der Waals surface area (Å²) in [4.78, 5) is 17.1. The largest absolute Gasteiger partial charge is 0.497 e. The van der Waals surface area contributed by atoms with Crippen LogP contribution >= 0.6 is 11.3 Å². The first-order valence-electron chi connectivity index (χ1n) is 8.37. The van der Waals surface area contributed by atoms with Gasteiger partial charge in [-0.2, -0.15) is 13.2 Å². The molecule has 0 aliphatic carbocycles. The van der Waals surface area contributed by atoms with Crippen molar-refractivity contribution in [3.05, 3.63) is 76.3 Å². The van der Waals surface area contributed by atoms with Crippen molar-refractivity contribution in [2.45, 2.75) is 19.0 Å². The maximum atomic E-state index is 12.8. The number of thiazole rings is 1. The smallest absolute Gasteiger partial charge is 0.416 e. The fourth-order valence-corrected chi connectivity index (χ4v) is 3.50. The van der Waals surface area contributed by atoms with Crippen molar-refractivity contribution in [3.8, 4) is 5.75 Å². The molecule has 1 amide bonds. The quantitative estimate of drug-likeness (QED) is 0.631. The molecule has 0 fully saturated rings. The highest BCUT2D eigenvalue weighted by Crippen LogP contribution is 2.30. The van der Waals surface area contributed by atoms with E-state index in [0.717, 1.165) is 22.6 Å². The van der Waals surface area contributed by atoms with Crippen LogP contribution in [0.15, 0.2) is 54.7 Å². The first-order valence-corrected chi connectivity index (χ1v) is 9.19. The van der Waals surface area contributed by atoms with E-state index in [2.05, 4.69) is 10.3 Å². The summed E-state index contributed by atoms with van der Waals surface area (Å²) in [6, 6.07) is 12.4. The van der Waals surface area contributed by atoms with E-state index in [1.165, 1.54) is 17.4 Å². The van der Waals surface area contributed by atoms with Gasteiger partial charge in [-0.15, -0.1) is 11.3 Å². The van der Waals surface area contributed by atoms with Crippen molar-refractivity contribution in [2.75, 3.05) is 12.4 Å². The average molecular weight is 406 g/mol. The normalized spacial score (nSPS) is 11.3. The molecule has 0 atom stereocenters. The summed E-state index contributed by atoms with van der Waals surface area (Å²) in [6.07, 6.45) is -2.33. The minimum absolute atomic E-state index is 0.166. The van der Waals surface area contributed by atoms with E-state index >= 15 is 0 Å². The van der Waals surface area contributed by atoms with E-state index < -0.39 is 11.7 Å². The summed E-state index contributed by atoms with van der Waals surface area (Å²) in [7, 11) is 1.56. The topological polar surface area (TPSA) is 51.2 Å². The van der Waals surface area contributed by atoms with Crippen LogP contribution in [0, 0.1) is 0 Å². The molecule has 3 rings (SSSR count). The Hall–Kier alpha value is -2.87. The number of hydrogen-bond donors (Lipinski definition) is 1. The Bertz CT molecular complexity index is 970. The second-order valence-electron chi connectivity index (χ2n) is 6.08. The van der Waals surface area contributed by atoms with Gasteiger partial charge >= 0.3 is 6.18 Å². The van der Waals surface area contributed by atoms with E-state index in [1.807, 2.05) is 6.07 Å². The van der Waals surface area contributed by atoms with E-state index in [4.69, 9.17) is 4.74 Å². The van der Waals surface area contributed by atoms with Crippen LogP contribution in [0.2, 0.25) is 0 Å². The van der Waals surface area contributed by atoms with Crippen molar-refractivity contribution >= 4 is 22.4 Å². The van der Waals surface area contributed by atoms with Crippen molar-refractivity contribution in [1.29, 1.82) is 0 Å². The van der Waals surface area contributed by atoms with Gasteiger partial charge in [0.25, 0.3) is 0 Å². The maximum Gasteiger partial charge on any atom is 0.416 e. The molecule has 2 aromatic carbocycles. The van der Waals surface area contributed by atoms with Gasteiger partial charge in [-0.3, -0.25) is 4.79 Å². The molecule has 0 unspecified atom stereocenters. The number of benzene rings is 2. The molecule has 1 N–H and O–H groups in total. The van der Waals surface area contributed by atoms with E-state index in [-0.39, 0.29) is 12.3 Å². The zero-order valence-corrected chi connectivity index (χ0v) is 15.7. The summed E-state index contributed by atoms with van der Waals surface area (Å²) in [6.45, 7) is 0. The Balaban J connectivity index is 1.62. The average Bonchev–Trinajstić information content (AvgIpc) is 3.08. The zero-order chi connectivity index (χ0) is 20.1. The molecule has 0 radical (unpaired) electrons. The second-order valence-corrected chi connectivity index (χ2v) is 7.20. The van der Waals surface area contributed by atoms with Gasteiger partial charge < -0.3 is 10.1 Å². The number of carbonyl (C=O) groups is 1. The lowest BCUT2D eigenvalue weighted by molar-refractivity contribution is -0.137. The number of alkyl halides is 3. The van der Waals surface area contributed by atoms with Crippen LogP contribution in [0.25, 0.3) is 0 Å². The van der Waals surface area contributed by atoms with Gasteiger partial charge in [0.15, 0.2) is 5.13 Å². The number of halogens is 3. The van der Waals surface area contributed by atoms with Crippen molar-refractivity contribution in [1.82, 2.24) is 4.98 Å². The zero-order valence-electron chi connectivity index (χ0n) is 14.9. The predicted octanol–water partition coefficient (Wildman–Crippen LogP) is 4.94. The third kappa shape index (κ3) is 5.32. The Morgan fingerprint density at radius 3 is 2.64 bits per heavy atom. The molecule has 8 heteroatoms. The van der Waals surface area contributed by atoms with Gasteiger partial charge in [0, 0.05) is 17.5 Å². The van der Waals surface area contributed by atoms with Crippen LogP contribution in [0.1, 0.15) is 21.6 Å². The van der Waals surface area contributed by atoms with Crippen molar-refractivity contribution < 1.29 is 22.7 Å². The summed E-state index contributed by atoms with van der Waals surface area (Å²) >= 11 is 1.24. The Morgan fingerprint density at radius 2 is 1.89 bits per heavy atom. The van der Waals surface area contributed by atoms with Gasteiger partial charge in [0.1, 0.15) is 5.75 Å². The van der Waals surface area contributed by atoms with Crippen LogP contribution in [-0.2, 0) is 23.8 Å². The predicted molar refractivity (Wildman–Crippen MR) is 102 cm³/mol. The third-order valence-electron chi connectivity index (χ3n) is 3.93. The van der Waals surface area contributed by atoms with E-state index in [1.54, 1.807) is 37.6 Å². The first-order chi connectivity index (χ1) is 13.3. The Labute approximate surface area is 164 Å². The van der Waals surface area contributed by atoms with Gasteiger partial charge in [0.2, 0.25) is 5.91 Å². The van der Waals surface area contributed by atoms with E-state index in [0.29, 0.717) is 22.9 Å². The number of hydrogen-bond acceptors (Lipinski definition) is 4. The fraction of sp³-hybridized carbons (Fsp3) is 0.200. The number of nitrogens with one attached hydrogen (secondary N) is 1. The van der Waals surface area contributed by atoms with Gasteiger partial charge in [-0.25, -0.2) is 4.98 Å². The molecular weight excluding hydrogens is 389 g/mol. The maximum absolute atomic E-state index is 12.8. The molecule has 0 spiro atoms. The van der Waals surface area contributed by atoms with Crippen LogP contribution < -0.4 is 10.1 Å². The summed E-state index contributed by atoms with van der Waals surface area (Å²) in [5.74, 6) is 0.441. The first kappa shape index (κ1) is 19.9. The minimum Gasteiger partial charge on any atom is -0.497 e. The number of methoxy groups -OCH3 is 1. The molecule has 0 aliphatic rings. The highest BCUT2D eigenvalue weighted by Gasteiger charge is 2.30. The summed E-state index contributed by atoms with van der Waals surface area (Å²) < 4.78 is 43.6. The number of ether oxygens (including phenoxy) is 1. The van der Waals surface area contributed by atoms with E-state index in [9.17, 15) is 18.0 Å². The highest BCUT2D eigenvalue weighted by molar-refractivity contribution is 7.15. The molecule has 1 aromatic heterocycles. The van der Waals surface area contributed by atoms with Crippen LogP contribution in [-0.4, -0.2) is 18.0 Å². The molecule has 4 nitrogen and oxygen atoms in total. The van der Waals surface area contributed by atoms with Crippen LogP contribution in [0.5, 0.6) is 5.75 Å². The van der Waals surface area contributed by atoms with Crippen molar-refractivity contribution in [2.24, 2.45) is 0 Å². The number of rotatable bonds is 6. The van der Waals surface area contributed by atoms with Crippen molar-refractivity contribution in [3.63, 3.8) is 0 Å². The van der Waals surface area contributed by atoms with Gasteiger partial charge in [-0.05, 0) is 29.3 Å². The lowest BCUT2D eigenvalue weighted by Gasteiger charge is -2.07. The second kappa shape index (κ2) is 8.43. The van der Waals surface area contributed by atoms with Crippen LogP contribution in [0.4, 0.5) is 18.3 Å². The molecule has 0 saturated carbocycles. The number of aromatic nitrogens is 1. The third-order valence-corrected chi connectivity index (χ3v) is 4.84. The highest BCUT2D eigenvalue weighted by atomic mass is 32.1. The number of carbonyl (C=O) groups excluding carboxylic acids is 1. The minimum atomic E-state index is -4.37. The monoisotopic (exact) mass is 406 g/mol. The summed E-state index contributed by atoms with van der Waals surface area (Å²) in [5.41, 5.74) is 0.659. The van der Waals surface area contributed by atoms with Gasteiger partial charge in [0.05, 0.1) is 19.1 Å².